The average molecular weight is 354 g/mol. The smallest absolute Gasteiger partial charge is 0.228 e. The molecule has 1 heterocycles. The van der Waals surface area contributed by atoms with Crippen LogP contribution in [0.15, 0.2) is 95.4 Å². The van der Waals surface area contributed by atoms with Crippen molar-refractivity contribution < 1.29 is 13.9 Å². The number of hydrogen-bond acceptors (Lipinski definition) is 3. The second kappa shape index (κ2) is 7.34. The molecular weight excluding hydrogens is 336 g/mol. The molecule has 0 aliphatic carbocycles. The predicted octanol–water partition coefficient (Wildman–Crippen LogP) is 5.85. The lowest BCUT2D eigenvalue weighted by molar-refractivity contribution is 0.101. The average Bonchev–Trinajstić information content (AvgIpc) is 3.20. The molecule has 4 aromatic rings. The van der Waals surface area contributed by atoms with Crippen LogP contribution in [0.3, 0.4) is 0 Å². The normalized spacial score (nSPS) is 10.6. The van der Waals surface area contributed by atoms with Crippen LogP contribution in [0.2, 0.25) is 0 Å². The maximum Gasteiger partial charge on any atom is 0.228 e. The Balaban J connectivity index is 1.84. The molecule has 0 spiro atoms. The van der Waals surface area contributed by atoms with Gasteiger partial charge >= 0.3 is 0 Å². The first kappa shape index (κ1) is 16.9. The van der Waals surface area contributed by atoms with Crippen molar-refractivity contribution >= 4 is 5.78 Å². The molecule has 0 amide bonds. The summed E-state index contributed by atoms with van der Waals surface area (Å²) in [7, 11) is 1.63. The van der Waals surface area contributed by atoms with Gasteiger partial charge in [0.2, 0.25) is 5.78 Å². The number of benzene rings is 3. The van der Waals surface area contributed by atoms with E-state index in [9.17, 15) is 4.79 Å². The zero-order chi connectivity index (χ0) is 18.6. The first-order chi connectivity index (χ1) is 13.3. The van der Waals surface area contributed by atoms with Crippen LogP contribution < -0.4 is 4.74 Å². The summed E-state index contributed by atoms with van der Waals surface area (Å²) in [6.45, 7) is 0. The molecule has 0 fully saturated rings. The molecule has 0 saturated carbocycles. The van der Waals surface area contributed by atoms with Gasteiger partial charge in [-0.25, -0.2) is 0 Å². The molecule has 0 radical (unpaired) electrons. The molecule has 27 heavy (non-hydrogen) atoms. The highest BCUT2D eigenvalue weighted by Crippen LogP contribution is 2.34. The fourth-order valence-corrected chi connectivity index (χ4v) is 3.01. The number of rotatable bonds is 5. The van der Waals surface area contributed by atoms with Gasteiger partial charge in [0.1, 0.15) is 11.5 Å². The van der Waals surface area contributed by atoms with E-state index in [0.29, 0.717) is 17.1 Å². The highest BCUT2D eigenvalue weighted by atomic mass is 16.5. The van der Waals surface area contributed by atoms with E-state index in [1.807, 2.05) is 78.9 Å². The third-order valence-electron chi connectivity index (χ3n) is 4.43. The highest BCUT2D eigenvalue weighted by Gasteiger charge is 2.21. The van der Waals surface area contributed by atoms with Gasteiger partial charge in [-0.3, -0.25) is 4.79 Å². The van der Waals surface area contributed by atoms with Crippen molar-refractivity contribution in [2.75, 3.05) is 7.11 Å². The van der Waals surface area contributed by atoms with Crippen molar-refractivity contribution in [3.05, 3.63) is 102 Å². The zero-order valence-corrected chi connectivity index (χ0v) is 14.9. The van der Waals surface area contributed by atoms with Gasteiger partial charge in [-0.1, -0.05) is 72.8 Å². The Morgan fingerprint density at radius 1 is 0.778 bits per heavy atom. The maximum atomic E-state index is 13.1. The standard InChI is InChI=1S/C24H18O3/c1-26-20-14-12-17(13-15-20)21-16-22(18-8-4-2-5-9-18)27-24(21)23(25)19-10-6-3-7-11-19/h2-16H,1H3. The quantitative estimate of drug-likeness (QED) is 0.422. The van der Waals surface area contributed by atoms with Gasteiger partial charge in [0.15, 0.2) is 5.76 Å². The molecule has 0 bridgehead atoms. The minimum atomic E-state index is -0.136. The van der Waals surface area contributed by atoms with Gasteiger partial charge in [0.25, 0.3) is 0 Å². The van der Waals surface area contributed by atoms with E-state index in [1.54, 1.807) is 19.2 Å². The first-order valence-corrected chi connectivity index (χ1v) is 8.69. The number of ether oxygens (including phenoxy) is 1. The van der Waals surface area contributed by atoms with E-state index < -0.39 is 0 Å². The molecule has 3 heteroatoms. The minimum Gasteiger partial charge on any atom is -0.497 e. The van der Waals surface area contributed by atoms with Crippen molar-refractivity contribution in [1.82, 2.24) is 0 Å². The SMILES string of the molecule is COc1ccc(-c2cc(-c3ccccc3)oc2C(=O)c2ccccc2)cc1. The van der Waals surface area contributed by atoms with E-state index >= 15 is 0 Å². The van der Waals surface area contributed by atoms with E-state index in [-0.39, 0.29) is 5.78 Å². The van der Waals surface area contributed by atoms with Gasteiger partial charge in [-0.2, -0.15) is 0 Å². The zero-order valence-electron chi connectivity index (χ0n) is 14.9. The third-order valence-corrected chi connectivity index (χ3v) is 4.43. The summed E-state index contributed by atoms with van der Waals surface area (Å²) < 4.78 is 11.3. The summed E-state index contributed by atoms with van der Waals surface area (Å²) in [5.74, 6) is 1.64. The van der Waals surface area contributed by atoms with Crippen LogP contribution in [-0.4, -0.2) is 12.9 Å². The Morgan fingerprint density at radius 3 is 2.04 bits per heavy atom. The summed E-state index contributed by atoms with van der Waals surface area (Å²) in [4.78, 5) is 13.1. The van der Waals surface area contributed by atoms with Gasteiger partial charge in [0, 0.05) is 16.7 Å². The number of furan rings is 1. The van der Waals surface area contributed by atoms with E-state index in [1.165, 1.54) is 0 Å². The number of carbonyl (C=O) groups is 1. The van der Waals surface area contributed by atoms with Gasteiger partial charge in [-0.05, 0) is 23.8 Å². The lowest BCUT2D eigenvalue weighted by atomic mass is 10.0. The van der Waals surface area contributed by atoms with Crippen LogP contribution in [0.1, 0.15) is 16.1 Å². The largest absolute Gasteiger partial charge is 0.497 e. The van der Waals surface area contributed by atoms with Gasteiger partial charge in [0.05, 0.1) is 7.11 Å². The van der Waals surface area contributed by atoms with Crippen molar-refractivity contribution in [3.63, 3.8) is 0 Å². The topological polar surface area (TPSA) is 39.4 Å². The van der Waals surface area contributed by atoms with E-state index in [0.717, 1.165) is 22.4 Å². The number of hydrogen-bond donors (Lipinski definition) is 0. The van der Waals surface area contributed by atoms with Crippen LogP contribution >= 0.6 is 0 Å². The molecule has 0 aliphatic heterocycles. The van der Waals surface area contributed by atoms with Crippen LogP contribution in [-0.2, 0) is 0 Å². The van der Waals surface area contributed by atoms with Crippen LogP contribution in [0, 0.1) is 0 Å². The Morgan fingerprint density at radius 2 is 1.41 bits per heavy atom. The van der Waals surface area contributed by atoms with Crippen molar-refractivity contribution in [3.8, 4) is 28.2 Å². The summed E-state index contributed by atoms with van der Waals surface area (Å²) in [6, 6.07) is 28.5. The monoisotopic (exact) mass is 354 g/mol. The Bertz CT molecular complexity index is 1050. The number of methoxy groups -OCH3 is 1. The molecule has 3 aromatic carbocycles. The molecule has 0 atom stereocenters. The van der Waals surface area contributed by atoms with Crippen LogP contribution in [0.4, 0.5) is 0 Å². The van der Waals surface area contributed by atoms with Crippen molar-refractivity contribution in [2.24, 2.45) is 0 Å². The molecule has 0 N–H and O–H groups in total. The molecule has 4 rings (SSSR count). The molecule has 3 nitrogen and oxygen atoms in total. The van der Waals surface area contributed by atoms with Gasteiger partial charge in [-0.15, -0.1) is 0 Å². The molecule has 1 aromatic heterocycles. The summed E-state index contributed by atoms with van der Waals surface area (Å²) in [5.41, 5.74) is 3.20. The molecule has 0 aliphatic rings. The molecule has 0 unspecified atom stereocenters. The fourth-order valence-electron chi connectivity index (χ4n) is 3.01. The van der Waals surface area contributed by atoms with E-state index in [2.05, 4.69) is 0 Å². The van der Waals surface area contributed by atoms with Crippen molar-refractivity contribution in [1.29, 1.82) is 0 Å². The van der Waals surface area contributed by atoms with Gasteiger partial charge < -0.3 is 9.15 Å². The summed E-state index contributed by atoms with van der Waals surface area (Å²) in [6.07, 6.45) is 0. The second-order valence-electron chi connectivity index (χ2n) is 6.14. The number of ketones is 1. The summed E-state index contributed by atoms with van der Waals surface area (Å²) >= 11 is 0. The summed E-state index contributed by atoms with van der Waals surface area (Å²) in [5, 5.41) is 0. The first-order valence-electron chi connectivity index (χ1n) is 8.69. The highest BCUT2D eigenvalue weighted by molar-refractivity contribution is 6.11. The Kier molecular flexibility index (Phi) is 4.58. The lowest BCUT2D eigenvalue weighted by Crippen LogP contribution is -2.01. The minimum absolute atomic E-state index is 0.136. The molecule has 0 saturated heterocycles. The van der Waals surface area contributed by atoms with Crippen LogP contribution in [0.25, 0.3) is 22.5 Å². The van der Waals surface area contributed by atoms with Crippen molar-refractivity contribution in [2.45, 2.75) is 0 Å². The molecule has 132 valence electrons. The predicted molar refractivity (Wildman–Crippen MR) is 106 cm³/mol. The Labute approximate surface area is 157 Å². The van der Waals surface area contributed by atoms with E-state index in [4.69, 9.17) is 9.15 Å². The molecular formula is C24H18O3. The third kappa shape index (κ3) is 3.40. The number of carbonyl (C=O) groups excluding carboxylic acids is 1. The van der Waals surface area contributed by atoms with Crippen LogP contribution in [0.5, 0.6) is 5.75 Å². The second-order valence-corrected chi connectivity index (χ2v) is 6.14. The fraction of sp³-hybridized carbons (Fsp3) is 0.0417. The maximum absolute atomic E-state index is 13.1. The lowest BCUT2D eigenvalue weighted by Gasteiger charge is -2.04. The Hall–Kier alpha value is -3.59.